The Bertz CT molecular complexity index is 357. The highest BCUT2D eigenvalue weighted by atomic mass is 35.5. The number of alkyl halides is 1. The quantitative estimate of drug-likeness (QED) is 0.558. The fourth-order valence-electron chi connectivity index (χ4n) is 2.50. The van der Waals surface area contributed by atoms with Crippen molar-refractivity contribution in [2.75, 3.05) is 0 Å². The minimum absolute atomic E-state index is 0.280. The fourth-order valence-corrected chi connectivity index (χ4v) is 2.97. The minimum Gasteiger partial charge on any atom is -0.122 e. The van der Waals surface area contributed by atoms with Gasteiger partial charge in [0.25, 0.3) is 0 Å². The van der Waals surface area contributed by atoms with Crippen LogP contribution in [-0.2, 0) is 6.42 Å². The molecule has 1 aromatic carbocycles. The molecule has 0 aromatic heterocycles. The maximum atomic E-state index is 6.64. The smallest absolute Gasteiger partial charge is 0.0404 e. The second-order valence-corrected chi connectivity index (χ2v) is 6.02. The van der Waals surface area contributed by atoms with Gasteiger partial charge in [-0.3, -0.25) is 0 Å². The molecule has 0 nitrogen and oxygen atoms in total. The lowest BCUT2D eigenvalue weighted by atomic mass is 9.90. The van der Waals surface area contributed by atoms with Crippen LogP contribution in [0.2, 0.25) is 0 Å². The zero-order valence-electron chi connectivity index (χ0n) is 12.3. The molecule has 0 aliphatic rings. The highest BCUT2D eigenvalue weighted by Gasteiger charge is 2.18. The molecule has 102 valence electrons. The van der Waals surface area contributed by atoms with Gasteiger partial charge in [-0.25, -0.2) is 0 Å². The van der Waals surface area contributed by atoms with Crippen molar-refractivity contribution in [1.29, 1.82) is 0 Å². The standard InChI is InChI=1S/C17H27Cl/c1-5-7-8-15(6-2)17(18)12-16-11-13(3)9-10-14(16)4/h9-11,15,17H,5-8,12H2,1-4H3. The number of rotatable bonds is 7. The number of hydrogen-bond acceptors (Lipinski definition) is 0. The summed E-state index contributed by atoms with van der Waals surface area (Å²) in [7, 11) is 0. The Balaban J connectivity index is 2.66. The Morgan fingerprint density at radius 3 is 2.50 bits per heavy atom. The summed E-state index contributed by atoms with van der Waals surface area (Å²) in [6.45, 7) is 8.85. The van der Waals surface area contributed by atoms with Crippen molar-refractivity contribution in [3.8, 4) is 0 Å². The van der Waals surface area contributed by atoms with Crippen LogP contribution in [-0.4, -0.2) is 5.38 Å². The number of benzene rings is 1. The number of hydrogen-bond donors (Lipinski definition) is 0. The van der Waals surface area contributed by atoms with E-state index >= 15 is 0 Å². The lowest BCUT2D eigenvalue weighted by Gasteiger charge is -2.21. The van der Waals surface area contributed by atoms with E-state index in [0.717, 1.165) is 6.42 Å². The van der Waals surface area contributed by atoms with Crippen molar-refractivity contribution in [2.45, 2.75) is 65.2 Å². The molecule has 18 heavy (non-hydrogen) atoms. The third-order valence-corrected chi connectivity index (χ3v) is 4.39. The normalized spacial score (nSPS) is 14.5. The first-order chi connectivity index (χ1) is 8.58. The summed E-state index contributed by atoms with van der Waals surface area (Å²) < 4.78 is 0. The highest BCUT2D eigenvalue weighted by Crippen LogP contribution is 2.26. The number of unbranched alkanes of at least 4 members (excludes halogenated alkanes) is 1. The molecule has 0 aliphatic carbocycles. The van der Waals surface area contributed by atoms with E-state index in [9.17, 15) is 0 Å². The van der Waals surface area contributed by atoms with Crippen molar-refractivity contribution in [3.63, 3.8) is 0 Å². The Morgan fingerprint density at radius 2 is 1.89 bits per heavy atom. The van der Waals surface area contributed by atoms with Gasteiger partial charge in [-0.15, -0.1) is 11.6 Å². The molecule has 0 N–H and O–H groups in total. The molecule has 0 heterocycles. The first-order valence-corrected chi connectivity index (χ1v) is 7.72. The summed E-state index contributed by atoms with van der Waals surface area (Å²) in [5.41, 5.74) is 4.13. The molecule has 0 radical (unpaired) electrons. The maximum Gasteiger partial charge on any atom is 0.0404 e. The molecule has 1 aromatic rings. The zero-order chi connectivity index (χ0) is 13.5. The van der Waals surface area contributed by atoms with Gasteiger partial charge in [0.1, 0.15) is 0 Å². The summed E-state index contributed by atoms with van der Waals surface area (Å²) in [4.78, 5) is 0. The molecule has 0 spiro atoms. The van der Waals surface area contributed by atoms with Crippen molar-refractivity contribution >= 4 is 11.6 Å². The Kier molecular flexibility index (Phi) is 6.78. The van der Waals surface area contributed by atoms with Crippen molar-refractivity contribution in [1.82, 2.24) is 0 Å². The van der Waals surface area contributed by atoms with Gasteiger partial charge >= 0.3 is 0 Å². The number of aryl methyl sites for hydroxylation is 2. The topological polar surface area (TPSA) is 0 Å². The van der Waals surface area contributed by atoms with Gasteiger partial charge in [0.2, 0.25) is 0 Å². The molecular formula is C17H27Cl. The van der Waals surface area contributed by atoms with Crippen LogP contribution in [0.25, 0.3) is 0 Å². The van der Waals surface area contributed by atoms with Crippen LogP contribution in [0.15, 0.2) is 18.2 Å². The Hall–Kier alpha value is -0.490. The van der Waals surface area contributed by atoms with Gasteiger partial charge < -0.3 is 0 Å². The fraction of sp³-hybridized carbons (Fsp3) is 0.647. The zero-order valence-corrected chi connectivity index (χ0v) is 13.1. The van der Waals surface area contributed by atoms with Crippen LogP contribution < -0.4 is 0 Å². The molecule has 2 atom stereocenters. The lowest BCUT2D eigenvalue weighted by Crippen LogP contribution is -2.17. The molecular weight excluding hydrogens is 240 g/mol. The van der Waals surface area contributed by atoms with Crippen molar-refractivity contribution in [3.05, 3.63) is 34.9 Å². The van der Waals surface area contributed by atoms with Crippen LogP contribution in [0.1, 0.15) is 56.2 Å². The second-order valence-electron chi connectivity index (χ2n) is 5.46. The third kappa shape index (κ3) is 4.65. The second kappa shape index (κ2) is 7.84. The van der Waals surface area contributed by atoms with E-state index in [4.69, 9.17) is 11.6 Å². The van der Waals surface area contributed by atoms with E-state index in [1.807, 2.05) is 0 Å². The molecule has 0 aliphatic heterocycles. The molecule has 0 bridgehead atoms. The van der Waals surface area contributed by atoms with Crippen LogP contribution in [0.3, 0.4) is 0 Å². The monoisotopic (exact) mass is 266 g/mol. The number of halogens is 1. The Labute approximate surface area is 118 Å². The Morgan fingerprint density at radius 1 is 1.17 bits per heavy atom. The van der Waals surface area contributed by atoms with Crippen LogP contribution in [0.4, 0.5) is 0 Å². The van der Waals surface area contributed by atoms with E-state index in [1.165, 1.54) is 42.4 Å². The van der Waals surface area contributed by atoms with Gasteiger partial charge in [-0.1, -0.05) is 56.9 Å². The SMILES string of the molecule is CCCCC(CC)C(Cl)Cc1cc(C)ccc1C. The molecule has 0 saturated carbocycles. The van der Waals surface area contributed by atoms with E-state index < -0.39 is 0 Å². The molecule has 1 heteroatoms. The van der Waals surface area contributed by atoms with Gasteiger partial charge in [0.05, 0.1) is 0 Å². The molecule has 0 amide bonds. The van der Waals surface area contributed by atoms with E-state index in [2.05, 4.69) is 45.9 Å². The molecule has 0 saturated heterocycles. The van der Waals surface area contributed by atoms with E-state index in [0.29, 0.717) is 5.92 Å². The first kappa shape index (κ1) is 15.6. The molecule has 0 fully saturated rings. The average Bonchev–Trinajstić information content (AvgIpc) is 2.35. The first-order valence-electron chi connectivity index (χ1n) is 7.28. The highest BCUT2D eigenvalue weighted by molar-refractivity contribution is 6.20. The van der Waals surface area contributed by atoms with Crippen molar-refractivity contribution in [2.24, 2.45) is 5.92 Å². The summed E-state index contributed by atoms with van der Waals surface area (Å²) >= 11 is 6.64. The summed E-state index contributed by atoms with van der Waals surface area (Å²) in [6.07, 6.45) is 6.04. The minimum atomic E-state index is 0.280. The van der Waals surface area contributed by atoms with Gasteiger partial charge in [0, 0.05) is 5.38 Å². The summed E-state index contributed by atoms with van der Waals surface area (Å²) in [6, 6.07) is 6.68. The van der Waals surface area contributed by atoms with E-state index in [-0.39, 0.29) is 5.38 Å². The third-order valence-electron chi connectivity index (χ3n) is 3.88. The molecule has 1 rings (SSSR count). The largest absolute Gasteiger partial charge is 0.122 e. The van der Waals surface area contributed by atoms with E-state index in [1.54, 1.807) is 0 Å². The van der Waals surface area contributed by atoms with Gasteiger partial charge in [-0.05, 0) is 43.7 Å². The van der Waals surface area contributed by atoms with Crippen LogP contribution in [0, 0.1) is 19.8 Å². The molecule has 2 unspecified atom stereocenters. The summed E-state index contributed by atoms with van der Waals surface area (Å²) in [5.74, 6) is 0.659. The average molecular weight is 267 g/mol. The van der Waals surface area contributed by atoms with Crippen molar-refractivity contribution < 1.29 is 0 Å². The van der Waals surface area contributed by atoms with Crippen LogP contribution >= 0.6 is 11.6 Å². The maximum absolute atomic E-state index is 6.64. The van der Waals surface area contributed by atoms with Crippen LogP contribution in [0.5, 0.6) is 0 Å². The van der Waals surface area contributed by atoms with Gasteiger partial charge in [-0.2, -0.15) is 0 Å². The van der Waals surface area contributed by atoms with Gasteiger partial charge in [0.15, 0.2) is 0 Å². The summed E-state index contributed by atoms with van der Waals surface area (Å²) in [5, 5.41) is 0.280. The predicted molar refractivity (Wildman–Crippen MR) is 82.6 cm³/mol. The predicted octanol–water partition coefficient (Wildman–Crippen LogP) is 5.67. The lowest BCUT2D eigenvalue weighted by molar-refractivity contribution is 0.428.